The normalized spacial score (nSPS) is 9.08. The molecular formula is C9H10ClN3. The van der Waals surface area contributed by atoms with E-state index in [4.69, 9.17) is 23.1 Å². The van der Waals surface area contributed by atoms with Crippen LogP contribution in [0.4, 0.5) is 5.69 Å². The Labute approximate surface area is 82.1 Å². The highest BCUT2D eigenvalue weighted by Gasteiger charge is 1.96. The molecule has 0 spiro atoms. The van der Waals surface area contributed by atoms with Crippen LogP contribution in [0.25, 0.3) is 0 Å². The molecule has 0 amide bonds. The second-order valence-electron chi connectivity index (χ2n) is 2.42. The lowest BCUT2D eigenvalue weighted by molar-refractivity contribution is 1.03. The monoisotopic (exact) mass is 195 g/mol. The van der Waals surface area contributed by atoms with Crippen molar-refractivity contribution in [2.75, 3.05) is 12.3 Å². The lowest BCUT2D eigenvalue weighted by Gasteiger charge is -1.95. The Morgan fingerprint density at radius 1 is 1.46 bits per heavy atom. The standard InChI is InChI=1S/C9H10ClN3/c10-9-8(12)5-4-7(13-9)3-1-2-6-11/h4-5H,2,6,11-12H2. The van der Waals surface area contributed by atoms with E-state index in [9.17, 15) is 0 Å². The number of hydrogen-bond donors (Lipinski definition) is 2. The highest BCUT2D eigenvalue weighted by atomic mass is 35.5. The number of anilines is 1. The highest BCUT2D eigenvalue weighted by Crippen LogP contribution is 2.14. The maximum atomic E-state index is 5.70. The minimum atomic E-state index is 0.291. The van der Waals surface area contributed by atoms with Gasteiger partial charge in [0.15, 0.2) is 5.15 Å². The van der Waals surface area contributed by atoms with Gasteiger partial charge in [-0.3, -0.25) is 0 Å². The van der Waals surface area contributed by atoms with E-state index < -0.39 is 0 Å². The second kappa shape index (κ2) is 4.70. The van der Waals surface area contributed by atoms with Gasteiger partial charge < -0.3 is 11.5 Å². The average molecular weight is 196 g/mol. The smallest absolute Gasteiger partial charge is 0.153 e. The van der Waals surface area contributed by atoms with E-state index in [2.05, 4.69) is 16.8 Å². The highest BCUT2D eigenvalue weighted by molar-refractivity contribution is 6.31. The molecular weight excluding hydrogens is 186 g/mol. The van der Waals surface area contributed by atoms with Crippen molar-refractivity contribution in [3.8, 4) is 11.8 Å². The molecule has 68 valence electrons. The van der Waals surface area contributed by atoms with Gasteiger partial charge in [0.2, 0.25) is 0 Å². The Morgan fingerprint density at radius 2 is 2.23 bits per heavy atom. The molecule has 4 heteroatoms. The summed E-state index contributed by atoms with van der Waals surface area (Å²) >= 11 is 5.70. The topological polar surface area (TPSA) is 64.9 Å². The Balaban J connectivity index is 2.81. The summed E-state index contributed by atoms with van der Waals surface area (Å²) in [6.45, 7) is 0.551. The number of rotatable bonds is 1. The van der Waals surface area contributed by atoms with Gasteiger partial charge in [-0.05, 0) is 18.1 Å². The Hall–Kier alpha value is -1.24. The van der Waals surface area contributed by atoms with Gasteiger partial charge in [0.1, 0.15) is 5.69 Å². The largest absolute Gasteiger partial charge is 0.396 e. The zero-order valence-corrected chi connectivity index (χ0v) is 7.80. The molecule has 0 aliphatic rings. The summed E-state index contributed by atoms with van der Waals surface area (Å²) in [4.78, 5) is 3.97. The molecule has 1 aromatic heterocycles. The summed E-state index contributed by atoms with van der Waals surface area (Å²) in [6, 6.07) is 3.41. The van der Waals surface area contributed by atoms with Gasteiger partial charge >= 0.3 is 0 Å². The fraction of sp³-hybridized carbons (Fsp3) is 0.222. The maximum Gasteiger partial charge on any atom is 0.153 e. The summed E-state index contributed by atoms with van der Waals surface area (Å²) in [5.74, 6) is 5.69. The van der Waals surface area contributed by atoms with Crippen molar-refractivity contribution in [3.05, 3.63) is 23.0 Å². The first kappa shape index (κ1) is 9.85. The van der Waals surface area contributed by atoms with Crippen molar-refractivity contribution >= 4 is 17.3 Å². The van der Waals surface area contributed by atoms with E-state index in [-0.39, 0.29) is 0 Å². The molecule has 13 heavy (non-hydrogen) atoms. The van der Waals surface area contributed by atoms with Gasteiger partial charge in [-0.15, -0.1) is 0 Å². The van der Waals surface area contributed by atoms with Crippen molar-refractivity contribution in [2.24, 2.45) is 5.73 Å². The van der Waals surface area contributed by atoms with E-state index >= 15 is 0 Å². The predicted molar refractivity (Wildman–Crippen MR) is 54.2 cm³/mol. The van der Waals surface area contributed by atoms with Gasteiger partial charge in [-0.2, -0.15) is 0 Å². The minimum absolute atomic E-state index is 0.291. The lowest BCUT2D eigenvalue weighted by Crippen LogP contribution is -1.95. The van der Waals surface area contributed by atoms with Gasteiger partial charge in [-0.25, -0.2) is 4.98 Å². The van der Waals surface area contributed by atoms with E-state index in [1.54, 1.807) is 12.1 Å². The molecule has 0 fully saturated rings. The van der Waals surface area contributed by atoms with Crippen LogP contribution in [0.1, 0.15) is 12.1 Å². The third-order valence-corrected chi connectivity index (χ3v) is 1.67. The van der Waals surface area contributed by atoms with E-state index in [1.165, 1.54) is 0 Å². The van der Waals surface area contributed by atoms with Crippen LogP contribution < -0.4 is 11.5 Å². The van der Waals surface area contributed by atoms with Crippen molar-refractivity contribution in [1.29, 1.82) is 0 Å². The van der Waals surface area contributed by atoms with Crippen molar-refractivity contribution in [2.45, 2.75) is 6.42 Å². The summed E-state index contributed by atoms with van der Waals surface area (Å²) < 4.78 is 0. The molecule has 3 nitrogen and oxygen atoms in total. The zero-order chi connectivity index (χ0) is 9.68. The Bertz CT molecular complexity index is 352. The molecule has 1 aromatic rings. The van der Waals surface area contributed by atoms with E-state index in [0.29, 0.717) is 29.5 Å². The fourth-order valence-electron chi connectivity index (χ4n) is 0.740. The van der Waals surface area contributed by atoms with E-state index in [1.807, 2.05) is 0 Å². The number of halogens is 1. The molecule has 0 saturated heterocycles. The average Bonchev–Trinajstić information content (AvgIpc) is 2.12. The number of pyridine rings is 1. The summed E-state index contributed by atoms with van der Waals surface area (Å²) in [6.07, 6.45) is 0.656. The van der Waals surface area contributed by atoms with Crippen LogP contribution in [-0.2, 0) is 0 Å². The zero-order valence-electron chi connectivity index (χ0n) is 7.05. The molecule has 0 unspecified atom stereocenters. The third-order valence-electron chi connectivity index (χ3n) is 1.36. The third kappa shape index (κ3) is 2.94. The van der Waals surface area contributed by atoms with Crippen LogP contribution >= 0.6 is 11.6 Å². The first-order valence-corrected chi connectivity index (χ1v) is 4.23. The molecule has 0 aliphatic heterocycles. The molecule has 1 rings (SSSR count). The Morgan fingerprint density at radius 3 is 2.85 bits per heavy atom. The molecule has 0 bridgehead atoms. The quantitative estimate of drug-likeness (QED) is 0.520. The van der Waals surface area contributed by atoms with Crippen molar-refractivity contribution < 1.29 is 0 Å². The fourth-order valence-corrected chi connectivity index (χ4v) is 0.894. The van der Waals surface area contributed by atoms with Crippen LogP contribution in [0.15, 0.2) is 12.1 Å². The first-order chi connectivity index (χ1) is 6.24. The summed E-state index contributed by atoms with van der Waals surface area (Å²) in [5, 5.41) is 0.291. The number of nitrogens with two attached hydrogens (primary N) is 2. The number of hydrogen-bond acceptors (Lipinski definition) is 3. The van der Waals surface area contributed by atoms with Crippen LogP contribution in [-0.4, -0.2) is 11.5 Å². The first-order valence-electron chi connectivity index (χ1n) is 3.85. The molecule has 4 N–H and O–H groups in total. The van der Waals surface area contributed by atoms with Crippen LogP contribution in [0.5, 0.6) is 0 Å². The van der Waals surface area contributed by atoms with Crippen LogP contribution in [0.3, 0.4) is 0 Å². The summed E-state index contributed by atoms with van der Waals surface area (Å²) in [5.41, 5.74) is 11.8. The molecule has 1 heterocycles. The summed E-state index contributed by atoms with van der Waals surface area (Å²) in [7, 11) is 0. The number of nitrogens with zero attached hydrogens (tertiary/aromatic N) is 1. The van der Waals surface area contributed by atoms with Crippen LogP contribution in [0.2, 0.25) is 5.15 Å². The van der Waals surface area contributed by atoms with Crippen molar-refractivity contribution in [3.63, 3.8) is 0 Å². The van der Waals surface area contributed by atoms with Crippen LogP contribution in [0, 0.1) is 11.8 Å². The van der Waals surface area contributed by atoms with E-state index in [0.717, 1.165) is 0 Å². The minimum Gasteiger partial charge on any atom is -0.396 e. The molecule has 0 aromatic carbocycles. The predicted octanol–water partition coefficient (Wildman–Crippen LogP) is 1.02. The SMILES string of the molecule is NCCC#Cc1ccc(N)c(Cl)n1. The van der Waals surface area contributed by atoms with Gasteiger partial charge in [0.05, 0.1) is 5.69 Å². The molecule has 0 atom stereocenters. The maximum absolute atomic E-state index is 5.70. The second-order valence-corrected chi connectivity index (χ2v) is 2.77. The number of aromatic nitrogens is 1. The van der Waals surface area contributed by atoms with Crippen molar-refractivity contribution in [1.82, 2.24) is 4.98 Å². The lowest BCUT2D eigenvalue weighted by atomic mass is 10.3. The van der Waals surface area contributed by atoms with Gasteiger partial charge in [-0.1, -0.05) is 17.5 Å². The number of nitrogen functional groups attached to an aromatic ring is 1. The molecule has 0 saturated carbocycles. The Kier molecular flexibility index (Phi) is 3.56. The van der Waals surface area contributed by atoms with Gasteiger partial charge in [0.25, 0.3) is 0 Å². The molecule has 0 aliphatic carbocycles. The molecule has 0 radical (unpaired) electrons. The van der Waals surface area contributed by atoms with Gasteiger partial charge in [0, 0.05) is 13.0 Å².